The maximum atomic E-state index is 11.9. The number of amides is 1. The van der Waals surface area contributed by atoms with Crippen LogP contribution in [0.4, 0.5) is 11.4 Å². The molecule has 102 valence electrons. The van der Waals surface area contributed by atoms with Gasteiger partial charge in [-0.2, -0.15) is 0 Å². The zero-order valence-corrected chi connectivity index (χ0v) is 11.4. The molecule has 0 bridgehead atoms. The highest BCUT2D eigenvalue weighted by molar-refractivity contribution is 6.32. The lowest BCUT2D eigenvalue weighted by Gasteiger charge is -2.05. The summed E-state index contributed by atoms with van der Waals surface area (Å²) in [5.74, 6) is -0.453. The van der Waals surface area contributed by atoms with Gasteiger partial charge >= 0.3 is 0 Å². The Morgan fingerprint density at radius 3 is 2.60 bits per heavy atom. The highest BCUT2D eigenvalue weighted by atomic mass is 35.5. The number of pyridine rings is 1. The molecule has 0 saturated carbocycles. The van der Waals surface area contributed by atoms with Crippen molar-refractivity contribution in [2.45, 2.75) is 0 Å². The molecule has 6 nitrogen and oxygen atoms in total. The molecule has 1 aromatic heterocycles. The van der Waals surface area contributed by atoms with E-state index in [1.807, 2.05) is 0 Å². The Kier molecular flexibility index (Phi) is 4.16. The molecular weight excluding hydrogens is 305 g/mol. The molecule has 2 aromatic rings. The van der Waals surface area contributed by atoms with Gasteiger partial charge in [0.15, 0.2) is 0 Å². The summed E-state index contributed by atoms with van der Waals surface area (Å²) in [6.07, 6.45) is 1.31. The normalized spacial score (nSPS) is 10.1. The van der Waals surface area contributed by atoms with Crippen LogP contribution in [-0.2, 0) is 0 Å². The number of nitrogens with zero attached hydrogens (tertiary/aromatic N) is 2. The largest absolute Gasteiger partial charge is 0.322 e. The molecule has 0 fully saturated rings. The maximum Gasteiger partial charge on any atom is 0.289 e. The summed E-state index contributed by atoms with van der Waals surface area (Å²) >= 11 is 11.3. The molecule has 1 heterocycles. The number of aromatic nitrogens is 1. The molecule has 0 aliphatic heterocycles. The van der Waals surface area contributed by atoms with Gasteiger partial charge in [-0.15, -0.1) is 0 Å². The van der Waals surface area contributed by atoms with Gasteiger partial charge in [-0.25, -0.2) is 4.98 Å². The van der Waals surface area contributed by atoms with Crippen LogP contribution in [0, 0.1) is 10.1 Å². The molecule has 1 N–H and O–H groups in total. The molecule has 0 radical (unpaired) electrons. The highest BCUT2D eigenvalue weighted by Gasteiger charge is 2.14. The minimum absolute atomic E-state index is 0.00107. The fraction of sp³-hybridized carbons (Fsp3) is 0. The van der Waals surface area contributed by atoms with Crippen molar-refractivity contribution in [1.82, 2.24) is 4.98 Å². The second-order valence-corrected chi connectivity index (χ2v) is 4.54. The molecule has 0 spiro atoms. The molecule has 2 rings (SSSR count). The number of hydrogen-bond donors (Lipinski definition) is 1. The number of anilines is 1. The minimum Gasteiger partial charge on any atom is -0.322 e. The first-order chi connectivity index (χ1) is 9.47. The van der Waals surface area contributed by atoms with Crippen molar-refractivity contribution in [3.8, 4) is 0 Å². The van der Waals surface area contributed by atoms with Crippen LogP contribution in [0.1, 0.15) is 10.4 Å². The Balaban J connectivity index is 2.21. The van der Waals surface area contributed by atoms with Gasteiger partial charge in [0.1, 0.15) is 10.2 Å². The third kappa shape index (κ3) is 3.23. The Morgan fingerprint density at radius 2 is 2.00 bits per heavy atom. The lowest BCUT2D eigenvalue weighted by Crippen LogP contribution is -2.12. The Hall–Kier alpha value is -2.18. The summed E-state index contributed by atoms with van der Waals surface area (Å²) in [5.41, 5.74) is 0.270. The summed E-state index contributed by atoms with van der Waals surface area (Å²) in [5, 5.41) is 13.5. The molecule has 0 atom stereocenters. The molecular formula is C12H7Cl2N3O3. The van der Waals surface area contributed by atoms with Crippen molar-refractivity contribution in [2.75, 3.05) is 5.32 Å². The van der Waals surface area contributed by atoms with E-state index < -0.39 is 10.8 Å². The van der Waals surface area contributed by atoms with Crippen LogP contribution in [0.3, 0.4) is 0 Å². The van der Waals surface area contributed by atoms with E-state index >= 15 is 0 Å². The predicted molar refractivity (Wildman–Crippen MR) is 75.3 cm³/mol. The van der Waals surface area contributed by atoms with Crippen molar-refractivity contribution in [1.29, 1.82) is 0 Å². The standard InChI is InChI=1S/C12H7Cl2N3O3/c13-9-3-2-8(5-10(9)17(19)20)16-12(18)7-1-4-11(14)15-6-7/h1-6H,(H,16,18). The molecule has 20 heavy (non-hydrogen) atoms. The summed E-state index contributed by atoms with van der Waals surface area (Å²) in [6, 6.07) is 6.96. The first kappa shape index (κ1) is 14.2. The highest BCUT2D eigenvalue weighted by Crippen LogP contribution is 2.27. The van der Waals surface area contributed by atoms with Gasteiger partial charge in [0.25, 0.3) is 11.6 Å². The van der Waals surface area contributed by atoms with Crippen LogP contribution >= 0.6 is 23.2 Å². The summed E-state index contributed by atoms with van der Waals surface area (Å²) < 4.78 is 0. The first-order valence-electron chi connectivity index (χ1n) is 5.34. The summed E-state index contributed by atoms with van der Waals surface area (Å²) in [7, 11) is 0. The van der Waals surface area contributed by atoms with E-state index in [9.17, 15) is 14.9 Å². The third-order valence-corrected chi connectivity index (χ3v) is 2.93. The molecule has 0 saturated heterocycles. The van der Waals surface area contributed by atoms with Gasteiger partial charge in [0, 0.05) is 18.0 Å². The fourth-order valence-electron chi connectivity index (χ4n) is 1.44. The number of carbonyl (C=O) groups is 1. The number of carbonyl (C=O) groups excluding carboxylic acids is 1. The monoisotopic (exact) mass is 311 g/mol. The van der Waals surface area contributed by atoms with Crippen LogP contribution in [0.25, 0.3) is 0 Å². The first-order valence-corrected chi connectivity index (χ1v) is 6.10. The van der Waals surface area contributed by atoms with E-state index in [1.165, 1.54) is 36.5 Å². The van der Waals surface area contributed by atoms with Crippen LogP contribution in [-0.4, -0.2) is 15.8 Å². The lowest BCUT2D eigenvalue weighted by molar-refractivity contribution is -0.384. The SMILES string of the molecule is O=C(Nc1ccc(Cl)c([N+](=O)[O-])c1)c1ccc(Cl)nc1. The predicted octanol–water partition coefficient (Wildman–Crippen LogP) is 3.55. The maximum absolute atomic E-state index is 11.9. The van der Waals surface area contributed by atoms with E-state index in [-0.39, 0.29) is 27.1 Å². The molecule has 0 unspecified atom stereocenters. The van der Waals surface area contributed by atoms with Gasteiger partial charge in [0.05, 0.1) is 10.5 Å². The van der Waals surface area contributed by atoms with E-state index in [2.05, 4.69) is 10.3 Å². The van der Waals surface area contributed by atoms with Crippen LogP contribution < -0.4 is 5.32 Å². The van der Waals surface area contributed by atoms with Crippen LogP contribution in [0.15, 0.2) is 36.5 Å². The Morgan fingerprint density at radius 1 is 1.25 bits per heavy atom. The second-order valence-electron chi connectivity index (χ2n) is 3.75. The van der Waals surface area contributed by atoms with Crippen LogP contribution in [0.2, 0.25) is 10.2 Å². The number of nitro groups is 1. The van der Waals surface area contributed by atoms with Crippen molar-refractivity contribution in [2.24, 2.45) is 0 Å². The number of benzene rings is 1. The number of nitro benzene ring substituents is 1. The van der Waals surface area contributed by atoms with E-state index in [1.54, 1.807) is 0 Å². The number of rotatable bonds is 3. The van der Waals surface area contributed by atoms with Crippen LogP contribution in [0.5, 0.6) is 0 Å². The topological polar surface area (TPSA) is 85.1 Å². The van der Waals surface area contributed by atoms with Gasteiger partial charge in [-0.1, -0.05) is 23.2 Å². The Labute approximate surface area is 123 Å². The third-order valence-electron chi connectivity index (χ3n) is 2.39. The lowest BCUT2D eigenvalue weighted by atomic mass is 10.2. The minimum atomic E-state index is -0.623. The van der Waals surface area contributed by atoms with Crippen molar-refractivity contribution >= 4 is 40.5 Å². The van der Waals surface area contributed by atoms with Crippen molar-refractivity contribution in [3.05, 3.63) is 62.4 Å². The zero-order valence-electron chi connectivity index (χ0n) is 9.84. The van der Waals surface area contributed by atoms with Crippen molar-refractivity contribution < 1.29 is 9.72 Å². The molecule has 8 heteroatoms. The summed E-state index contributed by atoms with van der Waals surface area (Å²) in [4.78, 5) is 25.8. The van der Waals surface area contributed by atoms with Gasteiger partial charge in [-0.3, -0.25) is 14.9 Å². The van der Waals surface area contributed by atoms with E-state index in [0.717, 1.165) is 0 Å². The van der Waals surface area contributed by atoms with Gasteiger partial charge in [-0.05, 0) is 24.3 Å². The average Bonchev–Trinajstić information content (AvgIpc) is 2.41. The fourth-order valence-corrected chi connectivity index (χ4v) is 1.74. The Bertz CT molecular complexity index is 674. The van der Waals surface area contributed by atoms with Crippen molar-refractivity contribution in [3.63, 3.8) is 0 Å². The average molecular weight is 312 g/mol. The van der Waals surface area contributed by atoms with E-state index in [4.69, 9.17) is 23.2 Å². The summed E-state index contributed by atoms with van der Waals surface area (Å²) in [6.45, 7) is 0. The molecule has 1 aromatic carbocycles. The smallest absolute Gasteiger partial charge is 0.289 e. The quantitative estimate of drug-likeness (QED) is 0.533. The molecule has 0 aliphatic rings. The van der Waals surface area contributed by atoms with E-state index in [0.29, 0.717) is 0 Å². The number of halogens is 2. The van der Waals surface area contributed by atoms with Gasteiger partial charge < -0.3 is 5.32 Å². The second kappa shape index (κ2) is 5.85. The molecule has 0 aliphatic carbocycles. The van der Waals surface area contributed by atoms with Gasteiger partial charge in [0.2, 0.25) is 0 Å². The zero-order chi connectivity index (χ0) is 14.7. The molecule has 1 amide bonds. The number of nitrogens with one attached hydrogen (secondary N) is 1. The number of hydrogen-bond acceptors (Lipinski definition) is 4.